The highest BCUT2D eigenvalue weighted by Crippen LogP contribution is 2.35. The number of fused-ring (bicyclic) bond motifs is 1. The maximum absolute atomic E-state index is 12.2. The Hall–Kier alpha value is -2.98. The van der Waals surface area contributed by atoms with Gasteiger partial charge in [0, 0.05) is 57.7 Å². The van der Waals surface area contributed by atoms with Crippen molar-refractivity contribution in [3.8, 4) is 0 Å². The van der Waals surface area contributed by atoms with Crippen LogP contribution in [0.5, 0.6) is 0 Å². The number of carbonyl (C=O) groups excluding carboxylic acids is 1. The van der Waals surface area contributed by atoms with Crippen molar-refractivity contribution in [2.75, 3.05) is 32.8 Å². The van der Waals surface area contributed by atoms with E-state index >= 15 is 0 Å². The summed E-state index contributed by atoms with van der Waals surface area (Å²) < 4.78 is 75.1. The van der Waals surface area contributed by atoms with Gasteiger partial charge in [0.25, 0.3) is 0 Å². The van der Waals surface area contributed by atoms with Gasteiger partial charge in [-0.3, -0.25) is 9.78 Å². The summed E-state index contributed by atoms with van der Waals surface area (Å²) in [6.07, 6.45) is -2.41. The number of hydrogen-bond acceptors (Lipinski definition) is 7. The normalized spacial score (nSPS) is 23.2. The first-order valence-corrected chi connectivity index (χ1v) is 12.4. The lowest BCUT2D eigenvalue weighted by molar-refractivity contribution is -0.193. The molecule has 0 aliphatic carbocycles. The minimum absolute atomic E-state index is 0.0675. The molecule has 0 unspecified atom stereocenters. The topological polar surface area (TPSA) is 138 Å². The Kier molecular flexibility index (Phi) is 12.6. The van der Waals surface area contributed by atoms with Crippen molar-refractivity contribution in [1.82, 2.24) is 15.2 Å². The summed E-state index contributed by atoms with van der Waals surface area (Å²) in [5.41, 5.74) is 1.02. The van der Waals surface area contributed by atoms with E-state index in [4.69, 9.17) is 29.3 Å². The molecule has 3 aliphatic heterocycles. The lowest BCUT2D eigenvalue weighted by Crippen LogP contribution is -2.33. The number of rotatable bonds is 6. The number of nitrogens with zero attached hydrogens (tertiary/aromatic N) is 2. The number of alkyl halides is 6. The highest BCUT2D eigenvalue weighted by atomic mass is 19.4. The molecule has 0 aromatic carbocycles. The van der Waals surface area contributed by atoms with Crippen LogP contribution in [0.4, 0.5) is 26.3 Å². The van der Waals surface area contributed by atoms with Crippen molar-refractivity contribution in [3.05, 3.63) is 30.1 Å². The highest BCUT2D eigenvalue weighted by Gasteiger charge is 2.43. The molecule has 1 amide bonds. The number of pyridine rings is 1. The van der Waals surface area contributed by atoms with Gasteiger partial charge in [-0.25, -0.2) is 9.59 Å². The maximum Gasteiger partial charge on any atom is 0.490 e. The molecule has 1 aromatic rings. The molecule has 226 valence electrons. The number of carboxylic acids is 2. The molecule has 4 rings (SSSR count). The van der Waals surface area contributed by atoms with Gasteiger partial charge in [0.05, 0.1) is 18.6 Å². The Balaban J connectivity index is 0.000000333. The van der Waals surface area contributed by atoms with Crippen LogP contribution in [0.1, 0.15) is 31.2 Å². The Labute approximate surface area is 225 Å². The van der Waals surface area contributed by atoms with Crippen LogP contribution in [0, 0.1) is 11.8 Å². The zero-order chi connectivity index (χ0) is 29.9. The Morgan fingerprint density at radius 2 is 1.62 bits per heavy atom. The molecule has 16 heteroatoms. The molecule has 3 atom stereocenters. The smallest absolute Gasteiger partial charge is 0.475 e. The van der Waals surface area contributed by atoms with Gasteiger partial charge < -0.3 is 29.9 Å². The molecular weight excluding hydrogens is 556 g/mol. The average molecular weight is 588 g/mol. The third-order valence-electron chi connectivity index (χ3n) is 6.36. The quantitative estimate of drug-likeness (QED) is 0.429. The first-order chi connectivity index (χ1) is 18.6. The van der Waals surface area contributed by atoms with E-state index in [2.05, 4.69) is 15.2 Å². The lowest BCUT2D eigenvalue weighted by atomic mass is 9.99. The van der Waals surface area contributed by atoms with E-state index in [1.165, 1.54) is 19.4 Å². The third-order valence-corrected chi connectivity index (χ3v) is 6.36. The monoisotopic (exact) mass is 587 g/mol. The number of carboxylic acid groups (broad SMARTS) is 2. The molecule has 0 bridgehead atoms. The number of carbonyl (C=O) groups is 3. The van der Waals surface area contributed by atoms with E-state index in [1.54, 1.807) is 12.4 Å². The molecule has 0 saturated carbocycles. The van der Waals surface area contributed by atoms with Crippen molar-refractivity contribution < 1.29 is 60.4 Å². The fraction of sp³-hybridized carbons (Fsp3) is 0.667. The minimum atomic E-state index is -5.08. The van der Waals surface area contributed by atoms with Gasteiger partial charge >= 0.3 is 24.3 Å². The predicted molar refractivity (Wildman–Crippen MR) is 125 cm³/mol. The van der Waals surface area contributed by atoms with Crippen molar-refractivity contribution in [2.24, 2.45) is 11.8 Å². The number of nitrogens with one attached hydrogen (secondary N) is 1. The number of hydrogen-bond donors (Lipinski definition) is 3. The van der Waals surface area contributed by atoms with Gasteiger partial charge in [-0.15, -0.1) is 0 Å². The fourth-order valence-corrected chi connectivity index (χ4v) is 4.51. The molecule has 0 radical (unpaired) electrons. The van der Waals surface area contributed by atoms with Gasteiger partial charge in [0.15, 0.2) is 0 Å². The second kappa shape index (κ2) is 15.1. The summed E-state index contributed by atoms with van der Waals surface area (Å²) in [6, 6.07) is 3.85. The number of ether oxygens (including phenoxy) is 2. The zero-order valence-electron chi connectivity index (χ0n) is 21.3. The first kappa shape index (κ1) is 33.2. The van der Waals surface area contributed by atoms with Crippen LogP contribution in [0.15, 0.2) is 24.5 Å². The summed E-state index contributed by atoms with van der Waals surface area (Å²) in [6.45, 7) is 5.68. The standard InChI is InChI=1S/C20H29N3O3.2C2HF3O2/c24-20(22-11-16-2-1-5-21-10-16)9-18-8-17-13-23(14-19(17)26-18)12-15-3-6-25-7-4-15;2*3-2(4,5)1(6)7/h1-2,5,10,15,17-19H,3-4,6-9,11-14H2,(H,22,24);2*(H,6,7)/t17-,18+,19+;;/m0../s1. The Morgan fingerprint density at radius 1 is 1.02 bits per heavy atom. The van der Waals surface area contributed by atoms with Gasteiger partial charge in [-0.1, -0.05) is 6.07 Å². The van der Waals surface area contributed by atoms with E-state index in [-0.39, 0.29) is 12.0 Å². The van der Waals surface area contributed by atoms with E-state index in [0.29, 0.717) is 25.0 Å². The van der Waals surface area contributed by atoms with Gasteiger partial charge in [0.2, 0.25) is 5.91 Å². The molecule has 10 nitrogen and oxygen atoms in total. The second-order valence-corrected chi connectivity index (χ2v) is 9.51. The van der Waals surface area contributed by atoms with E-state index < -0.39 is 24.3 Å². The van der Waals surface area contributed by atoms with Crippen LogP contribution in [-0.4, -0.2) is 95.4 Å². The van der Waals surface area contributed by atoms with Crippen molar-refractivity contribution >= 4 is 17.8 Å². The first-order valence-electron chi connectivity index (χ1n) is 12.4. The summed E-state index contributed by atoms with van der Waals surface area (Å²) in [4.78, 5) is 36.6. The van der Waals surface area contributed by atoms with Crippen LogP contribution in [0.2, 0.25) is 0 Å². The van der Waals surface area contributed by atoms with E-state index in [9.17, 15) is 31.1 Å². The summed E-state index contributed by atoms with van der Waals surface area (Å²) in [5, 5.41) is 17.2. The van der Waals surface area contributed by atoms with Crippen LogP contribution in [-0.2, 0) is 30.4 Å². The molecular formula is C24H31F6N3O7. The van der Waals surface area contributed by atoms with Crippen molar-refractivity contribution in [2.45, 2.75) is 56.8 Å². The van der Waals surface area contributed by atoms with Gasteiger partial charge in [-0.2, -0.15) is 26.3 Å². The number of halogens is 6. The summed E-state index contributed by atoms with van der Waals surface area (Å²) in [7, 11) is 0. The Morgan fingerprint density at radius 3 is 2.12 bits per heavy atom. The molecule has 4 heterocycles. The lowest BCUT2D eigenvalue weighted by Gasteiger charge is -2.27. The average Bonchev–Trinajstić information content (AvgIpc) is 3.41. The maximum atomic E-state index is 12.2. The number of amides is 1. The zero-order valence-corrected chi connectivity index (χ0v) is 21.3. The number of likely N-dealkylation sites (tertiary alicyclic amines) is 1. The minimum Gasteiger partial charge on any atom is -0.475 e. The SMILES string of the molecule is O=C(C[C@H]1C[C@H]2CN(CC3CCOCC3)C[C@H]2O1)NCc1cccnc1.O=C(O)C(F)(F)F.O=C(O)C(F)(F)F. The third kappa shape index (κ3) is 12.0. The van der Waals surface area contributed by atoms with Crippen LogP contribution < -0.4 is 5.32 Å². The van der Waals surface area contributed by atoms with Crippen LogP contribution >= 0.6 is 0 Å². The number of aromatic nitrogens is 1. The molecule has 3 saturated heterocycles. The molecule has 40 heavy (non-hydrogen) atoms. The largest absolute Gasteiger partial charge is 0.490 e. The fourth-order valence-electron chi connectivity index (χ4n) is 4.51. The summed E-state index contributed by atoms with van der Waals surface area (Å²) in [5.74, 6) is -4.08. The van der Waals surface area contributed by atoms with Crippen molar-refractivity contribution in [1.29, 1.82) is 0 Å². The Bertz CT molecular complexity index is 921. The molecule has 0 spiro atoms. The van der Waals surface area contributed by atoms with Gasteiger partial charge in [0.1, 0.15) is 0 Å². The predicted octanol–water partition coefficient (Wildman–Crippen LogP) is 2.87. The van der Waals surface area contributed by atoms with Crippen molar-refractivity contribution in [3.63, 3.8) is 0 Å². The molecule has 1 aromatic heterocycles. The summed E-state index contributed by atoms with van der Waals surface area (Å²) >= 11 is 0. The van der Waals surface area contributed by atoms with Gasteiger partial charge in [-0.05, 0) is 36.8 Å². The molecule has 3 N–H and O–H groups in total. The highest BCUT2D eigenvalue weighted by molar-refractivity contribution is 5.76. The van der Waals surface area contributed by atoms with E-state index in [1.807, 2.05) is 12.1 Å². The number of aliphatic carboxylic acids is 2. The molecule has 3 aliphatic rings. The van der Waals surface area contributed by atoms with Crippen LogP contribution in [0.25, 0.3) is 0 Å². The second-order valence-electron chi connectivity index (χ2n) is 9.51. The molecule has 3 fully saturated rings. The van der Waals surface area contributed by atoms with Crippen LogP contribution in [0.3, 0.4) is 0 Å². The van der Waals surface area contributed by atoms with E-state index in [0.717, 1.165) is 44.2 Å².